The molecular weight excluding hydrogens is 444 g/mol. The van der Waals surface area contributed by atoms with E-state index in [1.165, 1.54) is 0 Å². The number of nitrogens with zero attached hydrogens (tertiary/aromatic N) is 1. The van der Waals surface area contributed by atoms with Gasteiger partial charge in [0.15, 0.2) is 0 Å². The number of hydrogen-bond donors (Lipinski definition) is 1. The van der Waals surface area contributed by atoms with Gasteiger partial charge in [-0.1, -0.05) is 11.8 Å². The van der Waals surface area contributed by atoms with E-state index < -0.39 is 6.09 Å². The van der Waals surface area contributed by atoms with Gasteiger partial charge in [-0.15, -0.1) is 12.8 Å². The summed E-state index contributed by atoms with van der Waals surface area (Å²) < 4.78 is 31.7. The van der Waals surface area contributed by atoms with Gasteiger partial charge < -0.3 is 38.6 Å². The maximum absolute atomic E-state index is 12.6. The minimum absolute atomic E-state index is 0.0919. The smallest absolute Gasteiger partial charge is 0.407 e. The van der Waals surface area contributed by atoms with E-state index in [1.807, 2.05) is 20.8 Å². The summed E-state index contributed by atoms with van der Waals surface area (Å²) in [5, 5.41) is 2.69. The van der Waals surface area contributed by atoms with Gasteiger partial charge in [0.25, 0.3) is 0 Å². The maximum Gasteiger partial charge on any atom is 0.407 e. The fourth-order valence-corrected chi connectivity index (χ4v) is 2.37. The number of nitrogens with one attached hydrogen (secondary N) is 1. The highest BCUT2D eigenvalue weighted by atomic mass is 16.6. The molecule has 0 atom stereocenters. The van der Waals surface area contributed by atoms with Crippen LogP contribution in [0.25, 0.3) is 0 Å². The maximum atomic E-state index is 12.6. The zero-order chi connectivity index (χ0) is 25.5. The van der Waals surface area contributed by atoms with Crippen LogP contribution in [0.5, 0.6) is 0 Å². The van der Waals surface area contributed by atoms with Crippen LogP contribution < -0.4 is 5.32 Å². The van der Waals surface area contributed by atoms with E-state index in [9.17, 15) is 9.59 Å². The van der Waals surface area contributed by atoms with Gasteiger partial charge in [-0.05, 0) is 20.8 Å². The summed E-state index contributed by atoms with van der Waals surface area (Å²) in [6.07, 6.45) is 9.90. The minimum Gasteiger partial charge on any atom is -0.447 e. The third-order valence-electron chi connectivity index (χ3n) is 3.88. The van der Waals surface area contributed by atoms with Crippen molar-refractivity contribution in [3.05, 3.63) is 0 Å². The van der Waals surface area contributed by atoms with Crippen molar-refractivity contribution >= 4 is 12.0 Å². The highest BCUT2D eigenvalue weighted by Crippen LogP contribution is 2.00. The topological polar surface area (TPSA) is 105 Å². The molecule has 34 heavy (non-hydrogen) atoms. The average Bonchev–Trinajstić information content (AvgIpc) is 2.77. The number of ether oxygens (including phenoxy) is 6. The first kappa shape index (κ1) is 31.7. The lowest BCUT2D eigenvalue weighted by atomic mass is 10.1. The van der Waals surface area contributed by atoms with E-state index in [2.05, 4.69) is 17.2 Å². The van der Waals surface area contributed by atoms with Crippen molar-refractivity contribution < 1.29 is 38.0 Å². The van der Waals surface area contributed by atoms with Gasteiger partial charge in [-0.3, -0.25) is 4.79 Å². The average molecular weight is 485 g/mol. The summed E-state index contributed by atoms with van der Waals surface area (Å²) in [6, 6.07) is 0. The number of rotatable bonds is 20. The second kappa shape index (κ2) is 21.2. The van der Waals surface area contributed by atoms with E-state index in [-0.39, 0.29) is 50.9 Å². The molecule has 0 aromatic rings. The summed E-state index contributed by atoms with van der Waals surface area (Å²) in [4.78, 5) is 25.8. The monoisotopic (exact) mass is 484 g/mol. The zero-order valence-electron chi connectivity index (χ0n) is 20.8. The van der Waals surface area contributed by atoms with E-state index in [0.717, 1.165) is 0 Å². The number of carbonyl (C=O) groups excluding carboxylic acids is 2. The van der Waals surface area contributed by atoms with Crippen molar-refractivity contribution in [3.8, 4) is 24.7 Å². The Hall–Kier alpha value is -2.34. The van der Waals surface area contributed by atoms with Gasteiger partial charge in [-0.2, -0.15) is 0 Å². The summed E-state index contributed by atoms with van der Waals surface area (Å²) >= 11 is 0. The Labute approximate surface area is 203 Å². The van der Waals surface area contributed by atoms with Gasteiger partial charge in [0.1, 0.15) is 19.8 Å². The molecule has 0 saturated heterocycles. The fraction of sp³-hybridized carbons (Fsp3) is 0.750. The van der Waals surface area contributed by atoms with Crippen LogP contribution in [0.3, 0.4) is 0 Å². The molecule has 2 amide bonds. The van der Waals surface area contributed by atoms with E-state index in [4.69, 9.17) is 41.3 Å². The molecule has 0 unspecified atom stereocenters. The number of terminal acetylenes is 2. The van der Waals surface area contributed by atoms with Gasteiger partial charge in [0.2, 0.25) is 5.91 Å². The Morgan fingerprint density at radius 3 is 1.71 bits per heavy atom. The number of amides is 2. The quantitative estimate of drug-likeness (QED) is 0.202. The Morgan fingerprint density at radius 1 is 0.735 bits per heavy atom. The standard InChI is InChI=1S/C24H40N2O8/c1-6-11-29-16-18-32-14-9-26(10-15-33-19-17-30-12-7-2)22(27)8-13-31-20-21-34-23(28)25-24(3,4)5/h1-2H,8-21H2,3-5H3,(H,25,28). The first-order chi connectivity index (χ1) is 16.3. The summed E-state index contributed by atoms with van der Waals surface area (Å²) in [5.41, 5.74) is -0.370. The molecule has 0 fully saturated rings. The van der Waals surface area contributed by atoms with Crippen molar-refractivity contribution in [2.45, 2.75) is 32.7 Å². The third kappa shape index (κ3) is 21.5. The van der Waals surface area contributed by atoms with Crippen LogP contribution in [-0.4, -0.2) is 108 Å². The second-order valence-corrected chi connectivity index (χ2v) is 7.99. The van der Waals surface area contributed by atoms with Crippen LogP contribution in [0.15, 0.2) is 0 Å². The molecule has 0 bridgehead atoms. The lowest BCUT2D eigenvalue weighted by Crippen LogP contribution is -2.41. The van der Waals surface area contributed by atoms with Gasteiger partial charge in [0.05, 0.1) is 59.3 Å². The molecule has 0 rings (SSSR count). The van der Waals surface area contributed by atoms with Gasteiger partial charge in [-0.25, -0.2) is 4.79 Å². The first-order valence-electron chi connectivity index (χ1n) is 11.3. The Bertz CT molecular complexity index is 594. The molecule has 0 radical (unpaired) electrons. The fourth-order valence-electron chi connectivity index (χ4n) is 2.37. The van der Waals surface area contributed by atoms with Gasteiger partial charge in [0, 0.05) is 18.6 Å². The molecule has 194 valence electrons. The van der Waals surface area contributed by atoms with E-state index in [0.29, 0.717) is 52.7 Å². The van der Waals surface area contributed by atoms with Crippen LogP contribution in [0, 0.1) is 24.7 Å². The zero-order valence-corrected chi connectivity index (χ0v) is 20.8. The second-order valence-electron chi connectivity index (χ2n) is 7.99. The van der Waals surface area contributed by atoms with Crippen molar-refractivity contribution in [1.82, 2.24) is 10.2 Å². The molecule has 0 saturated carbocycles. The molecule has 0 aliphatic rings. The number of alkyl carbamates (subject to hydrolysis) is 1. The molecular formula is C24H40N2O8. The van der Waals surface area contributed by atoms with Crippen molar-refractivity contribution in [2.75, 3.05) is 85.8 Å². The van der Waals surface area contributed by atoms with Crippen molar-refractivity contribution in [2.24, 2.45) is 0 Å². The molecule has 0 aliphatic heterocycles. The van der Waals surface area contributed by atoms with E-state index >= 15 is 0 Å². The highest BCUT2D eigenvalue weighted by Gasteiger charge is 2.15. The number of hydrogen-bond acceptors (Lipinski definition) is 8. The van der Waals surface area contributed by atoms with Crippen LogP contribution in [0.4, 0.5) is 4.79 Å². The van der Waals surface area contributed by atoms with Crippen molar-refractivity contribution in [1.29, 1.82) is 0 Å². The Morgan fingerprint density at radius 2 is 1.21 bits per heavy atom. The minimum atomic E-state index is -0.507. The molecule has 10 heteroatoms. The lowest BCUT2D eigenvalue weighted by molar-refractivity contribution is -0.134. The largest absolute Gasteiger partial charge is 0.447 e. The number of carbonyl (C=O) groups is 2. The summed E-state index contributed by atoms with van der Waals surface area (Å²) in [7, 11) is 0. The van der Waals surface area contributed by atoms with Crippen LogP contribution in [-0.2, 0) is 33.2 Å². The van der Waals surface area contributed by atoms with Crippen molar-refractivity contribution in [3.63, 3.8) is 0 Å². The molecule has 0 aromatic carbocycles. The van der Waals surface area contributed by atoms with Crippen LogP contribution in [0.1, 0.15) is 27.2 Å². The summed E-state index contributed by atoms with van der Waals surface area (Å²) in [5.74, 6) is 4.67. The third-order valence-corrected chi connectivity index (χ3v) is 3.88. The molecule has 0 aromatic heterocycles. The molecule has 0 spiro atoms. The first-order valence-corrected chi connectivity index (χ1v) is 11.3. The Kier molecular flexibility index (Phi) is 19.8. The predicted octanol–water partition coefficient (Wildman–Crippen LogP) is 1.08. The predicted molar refractivity (Wildman–Crippen MR) is 127 cm³/mol. The normalized spacial score (nSPS) is 10.9. The highest BCUT2D eigenvalue weighted by molar-refractivity contribution is 5.76. The molecule has 0 aliphatic carbocycles. The molecule has 1 N–H and O–H groups in total. The SMILES string of the molecule is C#CCOCCOCCN(CCOCCOCC#C)C(=O)CCOCCOC(=O)NC(C)(C)C. The Balaban J connectivity index is 4.18. The lowest BCUT2D eigenvalue weighted by Gasteiger charge is -2.23. The van der Waals surface area contributed by atoms with Crippen LogP contribution >= 0.6 is 0 Å². The van der Waals surface area contributed by atoms with Gasteiger partial charge >= 0.3 is 6.09 Å². The van der Waals surface area contributed by atoms with Crippen LogP contribution in [0.2, 0.25) is 0 Å². The molecule has 0 heterocycles. The molecule has 10 nitrogen and oxygen atoms in total. The summed E-state index contributed by atoms with van der Waals surface area (Å²) in [6.45, 7) is 9.64. The van der Waals surface area contributed by atoms with E-state index in [1.54, 1.807) is 4.90 Å².